The number of likely N-dealkylation sites (tertiary alicyclic amines) is 1. The molecule has 4 rings (SSSR count). The van der Waals surface area contributed by atoms with Crippen LogP contribution < -0.4 is 0 Å². The smallest absolute Gasteiger partial charge is 0.271 e. The highest BCUT2D eigenvalue weighted by Crippen LogP contribution is 2.32. The molecule has 0 radical (unpaired) electrons. The van der Waals surface area contributed by atoms with E-state index in [-0.39, 0.29) is 11.9 Å². The van der Waals surface area contributed by atoms with E-state index in [1.165, 1.54) is 0 Å². The monoisotopic (exact) mass is 309 g/mol. The molecule has 118 valence electrons. The number of fused-ring (bicyclic) bond motifs is 1. The first-order valence-corrected chi connectivity index (χ1v) is 8.04. The summed E-state index contributed by atoms with van der Waals surface area (Å²) in [6.07, 6.45) is 5.00. The maximum Gasteiger partial charge on any atom is 0.271 e. The zero-order valence-electron chi connectivity index (χ0n) is 13.1. The van der Waals surface area contributed by atoms with Gasteiger partial charge < -0.3 is 13.8 Å². The summed E-state index contributed by atoms with van der Waals surface area (Å²) in [7, 11) is 0. The number of amides is 1. The third kappa shape index (κ3) is 2.42. The maximum atomic E-state index is 13.1. The van der Waals surface area contributed by atoms with Gasteiger partial charge in [0.2, 0.25) is 0 Å². The minimum atomic E-state index is 0.00274. The Kier molecular flexibility index (Phi) is 3.41. The van der Waals surface area contributed by atoms with Crippen LogP contribution in [0.5, 0.6) is 0 Å². The van der Waals surface area contributed by atoms with E-state index in [9.17, 15) is 4.79 Å². The number of nitrogens with zero attached hydrogens (tertiary/aromatic N) is 3. The zero-order valence-corrected chi connectivity index (χ0v) is 13.1. The van der Waals surface area contributed by atoms with Crippen molar-refractivity contribution in [3.63, 3.8) is 0 Å². The van der Waals surface area contributed by atoms with Gasteiger partial charge in [-0.05, 0) is 50.5 Å². The summed E-state index contributed by atoms with van der Waals surface area (Å²) in [5.41, 5.74) is 2.59. The fourth-order valence-corrected chi connectivity index (χ4v) is 3.40. The molecule has 5 nitrogen and oxygen atoms in total. The molecule has 1 aliphatic heterocycles. The van der Waals surface area contributed by atoms with E-state index in [0.717, 1.165) is 42.8 Å². The van der Waals surface area contributed by atoms with Crippen molar-refractivity contribution >= 4 is 11.4 Å². The Balaban J connectivity index is 1.70. The summed E-state index contributed by atoms with van der Waals surface area (Å²) in [6.45, 7) is 2.64. The quantitative estimate of drug-likeness (QED) is 0.726. The molecule has 23 heavy (non-hydrogen) atoms. The van der Waals surface area contributed by atoms with Crippen molar-refractivity contribution < 1.29 is 9.32 Å². The minimum Gasteiger partial charge on any atom is -0.361 e. The Bertz CT molecular complexity index is 849. The Labute approximate surface area is 134 Å². The number of aromatic nitrogens is 2. The largest absolute Gasteiger partial charge is 0.361 e. The molecule has 1 aliphatic rings. The standard InChI is InChI=1S/C18H19N3O2/c1-13-12-15(19-23-13)16-7-3-5-11-21(16)18(22)17-9-8-14-6-2-4-10-20(14)17/h2,4,6,8-10,12,16H,3,5,7,11H2,1H3. The van der Waals surface area contributed by atoms with Gasteiger partial charge in [-0.3, -0.25) is 4.79 Å². The van der Waals surface area contributed by atoms with Crippen LogP contribution >= 0.6 is 0 Å². The molecule has 1 fully saturated rings. The molecule has 0 N–H and O–H groups in total. The van der Waals surface area contributed by atoms with Crippen LogP contribution in [0.15, 0.2) is 47.1 Å². The summed E-state index contributed by atoms with van der Waals surface area (Å²) >= 11 is 0. The highest BCUT2D eigenvalue weighted by Gasteiger charge is 2.31. The second-order valence-corrected chi connectivity index (χ2v) is 6.09. The highest BCUT2D eigenvalue weighted by atomic mass is 16.5. The van der Waals surface area contributed by atoms with E-state index in [1.54, 1.807) is 0 Å². The van der Waals surface area contributed by atoms with Crippen LogP contribution in [0.25, 0.3) is 5.52 Å². The molecule has 1 saturated heterocycles. The summed E-state index contributed by atoms with van der Waals surface area (Å²) in [4.78, 5) is 15.1. The van der Waals surface area contributed by atoms with Gasteiger partial charge in [0.15, 0.2) is 0 Å². The van der Waals surface area contributed by atoms with E-state index >= 15 is 0 Å². The molecule has 0 saturated carbocycles. The Morgan fingerprint density at radius 3 is 3.00 bits per heavy atom. The van der Waals surface area contributed by atoms with Gasteiger partial charge in [-0.2, -0.15) is 0 Å². The molecule has 3 aromatic rings. The van der Waals surface area contributed by atoms with Gasteiger partial charge in [0, 0.05) is 24.3 Å². The molecular formula is C18H19N3O2. The highest BCUT2D eigenvalue weighted by molar-refractivity contribution is 5.94. The number of pyridine rings is 1. The number of piperidine rings is 1. The van der Waals surface area contributed by atoms with E-state index in [0.29, 0.717) is 5.69 Å². The average Bonchev–Trinajstić information content (AvgIpc) is 3.20. The molecule has 0 aliphatic carbocycles. The van der Waals surface area contributed by atoms with Crippen molar-refractivity contribution in [3.8, 4) is 0 Å². The number of carbonyl (C=O) groups excluding carboxylic acids is 1. The fourth-order valence-electron chi connectivity index (χ4n) is 3.40. The molecule has 1 amide bonds. The van der Waals surface area contributed by atoms with Crippen LogP contribution in [-0.2, 0) is 0 Å². The van der Waals surface area contributed by atoms with Gasteiger partial charge in [-0.1, -0.05) is 11.2 Å². The third-order valence-electron chi connectivity index (χ3n) is 4.53. The second kappa shape index (κ2) is 5.57. The van der Waals surface area contributed by atoms with Crippen molar-refractivity contribution in [1.82, 2.24) is 14.5 Å². The average molecular weight is 309 g/mol. The number of hydrogen-bond donors (Lipinski definition) is 0. The van der Waals surface area contributed by atoms with Crippen LogP contribution in [0, 0.1) is 6.92 Å². The van der Waals surface area contributed by atoms with Crippen LogP contribution in [0.2, 0.25) is 0 Å². The number of rotatable bonds is 2. The lowest BCUT2D eigenvalue weighted by Gasteiger charge is -2.34. The molecule has 1 unspecified atom stereocenters. The van der Waals surface area contributed by atoms with E-state index in [2.05, 4.69) is 5.16 Å². The van der Waals surface area contributed by atoms with E-state index in [4.69, 9.17) is 4.52 Å². The summed E-state index contributed by atoms with van der Waals surface area (Å²) in [6, 6.07) is 11.7. The molecule has 1 atom stereocenters. The van der Waals surface area contributed by atoms with Gasteiger partial charge in [-0.25, -0.2) is 0 Å². The van der Waals surface area contributed by atoms with Crippen molar-refractivity contribution in [2.24, 2.45) is 0 Å². The lowest BCUT2D eigenvalue weighted by atomic mass is 9.98. The molecular weight excluding hydrogens is 290 g/mol. The molecule has 4 heterocycles. The van der Waals surface area contributed by atoms with Crippen LogP contribution in [0.1, 0.15) is 47.2 Å². The van der Waals surface area contributed by atoms with Crippen molar-refractivity contribution in [2.75, 3.05) is 6.54 Å². The predicted octanol–water partition coefficient (Wildman–Crippen LogP) is 3.60. The first-order valence-electron chi connectivity index (χ1n) is 8.04. The first-order chi connectivity index (χ1) is 11.2. The molecule has 3 aromatic heterocycles. The summed E-state index contributed by atoms with van der Waals surface area (Å²) in [5, 5.41) is 4.14. The van der Waals surface area contributed by atoms with Gasteiger partial charge >= 0.3 is 0 Å². The lowest BCUT2D eigenvalue weighted by molar-refractivity contribution is 0.0595. The Hall–Kier alpha value is -2.56. The lowest BCUT2D eigenvalue weighted by Crippen LogP contribution is -2.39. The topological polar surface area (TPSA) is 50.8 Å². The Morgan fingerprint density at radius 1 is 1.26 bits per heavy atom. The number of aryl methyl sites for hydroxylation is 1. The normalized spacial score (nSPS) is 18.5. The maximum absolute atomic E-state index is 13.1. The second-order valence-electron chi connectivity index (χ2n) is 6.09. The fraction of sp³-hybridized carbons (Fsp3) is 0.333. The van der Waals surface area contributed by atoms with Crippen LogP contribution in [0.3, 0.4) is 0 Å². The third-order valence-corrected chi connectivity index (χ3v) is 4.53. The van der Waals surface area contributed by atoms with Crippen molar-refractivity contribution in [1.29, 1.82) is 0 Å². The van der Waals surface area contributed by atoms with Crippen molar-refractivity contribution in [3.05, 3.63) is 59.7 Å². The molecule has 0 aromatic carbocycles. The van der Waals surface area contributed by atoms with Gasteiger partial charge in [-0.15, -0.1) is 0 Å². The zero-order chi connectivity index (χ0) is 15.8. The summed E-state index contributed by atoms with van der Waals surface area (Å²) < 4.78 is 7.16. The Morgan fingerprint density at radius 2 is 2.17 bits per heavy atom. The molecule has 0 bridgehead atoms. The first kappa shape index (κ1) is 14.1. The van der Waals surface area contributed by atoms with Gasteiger partial charge in [0.1, 0.15) is 17.1 Å². The molecule has 0 spiro atoms. The van der Waals surface area contributed by atoms with Crippen LogP contribution in [0.4, 0.5) is 0 Å². The number of carbonyl (C=O) groups is 1. The SMILES string of the molecule is Cc1cc(C2CCCCN2C(=O)c2ccc3ccccn23)no1. The van der Waals surface area contributed by atoms with Gasteiger partial charge in [0.25, 0.3) is 5.91 Å². The predicted molar refractivity (Wildman–Crippen MR) is 86.3 cm³/mol. The van der Waals surface area contributed by atoms with Crippen molar-refractivity contribution in [2.45, 2.75) is 32.2 Å². The van der Waals surface area contributed by atoms with E-state index in [1.807, 2.05) is 58.8 Å². The minimum absolute atomic E-state index is 0.00274. The molecule has 5 heteroatoms. The van der Waals surface area contributed by atoms with Gasteiger partial charge in [0.05, 0.1) is 6.04 Å². The van der Waals surface area contributed by atoms with E-state index < -0.39 is 0 Å². The number of hydrogen-bond acceptors (Lipinski definition) is 3. The van der Waals surface area contributed by atoms with Crippen LogP contribution in [-0.4, -0.2) is 26.9 Å². The summed E-state index contributed by atoms with van der Waals surface area (Å²) in [5.74, 6) is 0.840.